The molecule has 2 nitrogen and oxygen atoms in total. The van der Waals surface area contributed by atoms with Crippen molar-refractivity contribution in [3.05, 3.63) is 12.3 Å². The van der Waals surface area contributed by atoms with Crippen LogP contribution in [0.3, 0.4) is 0 Å². The molecule has 10 heavy (non-hydrogen) atoms. The molecule has 0 spiro atoms. The molecular weight excluding hydrogens is 152 g/mol. The second kappa shape index (κ2) is 6.62. The van der Waals surface area contributed by atoms with E-state index < -0.39 is 5.43 Å². The molecule has 0 aromatic rings. The lowest BCUT2D eigenvalue weighted by Gasteiger charge is -1.88. The summed E-state index contributed by atoms with van der Waals surface area (Å²) in [5.41, 5.74) is -0.784. The van der Waals surface area contributed by atoms with E-state index >= 15 is 0 Å². The number of halogens is 1. The summed E-state index contributed by atoms with van der Waals surface area (Å²) >= 11 is 4.88. The number of ether oxygens (including phenoxy) is 1. The summed E-state index contributed by atoms with van der Waals surface area (Å²) in [7, 11) is 0. The molecule has 0 aliphatic heterocycles. The largest absolute Gasteiger partial charge is 0.423 e. The molecule has 0 saturated carbocycles. The smallest absolute Gasteiger partial charge is 0.408 e. The predicted molar refractivity (Wildman–Crippen MR) is 41.0 cm³/mol. The first-order valence-corrected chi connectivity index (χ1v) is 3.66. The maximum atomic E-state index is 9.97. The highest BCUT2D eigenvalue weighted by atomic mass is 35.5. The van der Waals surface area contributed by atoms with Gasteiger partial charge in [0.15, 0.2) is 0 Å². The Bertz CT molecular complexity index is 121. The Labute approximate surface area is 65.8 Å². The molecule has 0 aliphatic carbocycles. The topological polar surface area (TPSA) is 26.3 Å². The number of unbranched alkanes of at least 4 members (excludes halogenated alkanes) is 2. The van der Waals surface area contributed by atoms with Crippen LogP contribution in [0.1, 0.15) is 26.2 Å². The first-order chi connectivity index (χ1) is 4.77. The molecule has 0 amide bonds. The highest BCUT2D eigenvalue weighted by molar-refractivity contribution is 6.61. The van der Waals surface area contributed by atoms with Crippen LogP contribution in [0, 0.1) is 0 Å². The molecule has 0 heterocycles. The summed E-state index contributed by atoms with van der Waals surface area (Å²) in [5.74, 6) is 0. The Kier molecular flexibility index (Phi) is 6.29. The molecule has 3 heteroatoms. The highest BCUT2D eigenvalue weighted by Crippen LogP contribution is 1.96. The number of hydrogen-bond donors (Lipinski definition) is 0. The van der Waals surface area contributed by atoms with Crippen LogP contribution in [0.4, 0.5) is 4.79 Å². The zero-order chi connectivity index (χ0) is 7.82. The number of rotatable bonds is 4. The Morgan fingerprint density at radius 3 is 2.90 bits per heavy atom. The van der Waals surface area contributed by atoms with Gasteiger partial charge in [0.25, 0.3) is 0 Å². The van der Waals surface area contributed by atoms with Gasteiger partial charge in [-0.2, -0.15) is 0 Å². The summed E-state index contributed by atoms with van der Waals surface area (Å²) in [6, 6.07) is 0. The Hall–Kier alpha value is -0.500. The van der Waals surface area contributed by atoms with Crippen LogP contribution in [0.25, 0.3) is 0 Å². The average Bonchev–Trinajstić information content (AvgIpc) is 1.87. The predicted octanol–water partition coefficient (Wildman–Crippen LogP) is 3.07. The minimum absolute atomic E-state index is 0.784. The molecular formula is C7H11ClO2. The van der Waals surface area contributed by atoms with Crippen LogP contribution in [0.15, 0.2) is 12.3 Å². The van der Waals surface area contributed by atoms with Gasteiger partial charge < -0.3 is 4.74 Å². The minimum atomic E-state index is -0.784. The van der Waals surface area contributed by atoms with Crippen LogP contribution in [0.2, 0.25) is 0 Å². The average molecular weight is 163 g/mol. The molecule has 0 aromatic carbocycles. The van der Waals surface area contributed by atoms with Crippen molar-refractivity contribution in [2.45, 2.75) is 26.2 Å². The van der Waals surface area contributed by atoms with Gasteiger partial charge in [0.2, 0.25) is 0 Å². The molecule has 0 aliphatic rings. The normalized spacial score (nSPS) is 10.2. The van der Waals surface area contributed by atoms with E-state index in [4.69, 9.17) is 11.6 Å². The van der Waals surface area contributed by atoms with Crippen LogP contribution in [-0.4, -0.2) is 5.43 Å². The fourth-order valence-electron chi connectivity index (χ4n) is 0.492. The fraction of sp³-hybridized carbons (Fsp3) is 0.571. The molecule has 0 fully saturated rings. The van der Waals surface area contributed by atoms with Gasteiger partial charge in [-0.1, -0.05) is 13.3 Å². The molecule has 0 bridgehead atoms. The lowest BCUT2D eigenvalue weighted by atomic mass is 10.2. The summed E-state index contributed by atoms with van der Waals surface area (Å²) in [4.78, 5) is 9.97. The number of carbonyl (C=O) groups is 1. The van der Waals surface area contributed by atoms with Gasteiger partial charge in [-0.3, -0.25) is 0 Å². The van der Waals surface area contributed by atoms with E-state index in [9.17, 15) is 4.79 Å². The van der Waals surface area contributed by atoms with Crippen molar-refractivity contribution < 1.29 is 9.53 Å². The maximum Gasteiger partial charge on any atom is 0.408 e. The number of hydrogen-bond acceptors (Lipinski definition) is 2. The second-order valence-corrected chi connectivity index (χ2v) is 2.18. The van der Waals surface area contributed by atoms with E-state index in [0.29, 0.717) is 0 Å². The fourth-order valence-corrected chi connectivity index (χ4v) is 0.543. The quantitative estimate of drug-likeness (QED) is 0.361. The highest BCUT2D eigenvalue weighted by Gasteiger charge is 1.87. The van der Waals surface area contributed by atoms with Gasteiger partial charge in [0.1, 0.15) is 0 Å². The van der Waals surface area contributed by atoms with Gasteiger partial charge in [-0.05, 0) is 18.9 Å². The van der Waals surface area contributed by atoms with Crippen LogP contribution in [-0.2, 0) is 4.74 Å². The van der Waals surface area contributed by atoms with Gasteiger partial charge in [-0.25, -0.2) is 4.79 Å². The molecule has 0 rings (SSSR count). The van der Waals surface area contributed by atoms with Crippen LogP contribution >= 0.6 is 11.6 Å². The van der Waals surface area contributed by atoms with E-state index in [-0.39, 0.29) is 0 Å². The summed E-state index contributed by atoms with van der Waals surface area (Å²) < 4.78 is 4.33. The zero-order valence-electron chi connectivity index (χ0n) is 5.97. The van der Waals surface area contributed by atoms with E-state index in [2.05, 4.69) is 11.7 Å². The van der Waals surface area contributed by atoms with Gasteiger partial charge in [-0.15, -0.1) is 0 Å². The monoisotopic (exact) mass is 162 g/mol. The third-order valence-corrected chi connectivity index (χ3v) is 1.07. The van der Waals surface area contributed by atoms with Crippen molar-refractivity contribution in [2.75, 3.05) is 0 Å². The lowest BCUT2D eigenvalue weighted by Crippen LogP contribution is -1.81. The molecule has 58 valence electrons. The first kappa shape index (κ1) is 9.50. The van der Waals surface area contributed by atoms with Crippen molar-refractivity contribution >= 4 is 17.0 Å². The van der Waals surface area contributed by atoms with Crippen molar-refractivity contribution in [2.24, 2.45) is 0 Å². The first-order valence-electron chi connectivity index (χ1n) is 3.28. The van der Waals surface area contributed by atoms with Crippen molar-refractivity contribution in [1.82, 2.24) is 0 Å². The summed E-state index contributed by atoms with van der Waals surface area (Å²) in [6.07, 6.45) is 6.28. The van der Waals surface area contributed by atoms with Crippen molar-refractivity contribution in [3.8, 4) is 0 Å². The lowest BCUT2D eigenvalue weighted by molar-refractivity contribution is 0.212. The van der Waals surface area contributed by atoms with Gasteiger partial charge in [0.05, 0.1) is 6.26 Å². The van der Waals surface area contributed by atoms with E-state index in [0.717, 1.165) is 19.3 Å². The molecule has 0 radical (unpaired) electrons. The van der Waals surface area contributed by atoms with Gasteiger partial charge in [0, 0.05) is 11.6 Å². The zero-order valence-corrected chi connectivity index (χ0v) is 6.73. The third kappa shape index (κ3) is 7.50. The standard InChI is InChI=1S/C7H11ClO2/c1-2-3-4-5-6-10-7(8)9/h5-6H,2-4H2,1H3. The number of carbonyl (C=O) groups excluding carboxylic acids is 1. The van der Waals surface area contributed by atoms with Gasteiger partial charge >= 0.3 is 5.43 Å². The minimum Gasteiger partial charge on any atom is -0.423 e. The molecule has 0 unspecified atom stereocenters. The molecule has 0 N–H and O–H groups in total. The Morgan fingerprint density at radius 1 is 1.70 bits per heavy atom. The van der Waals surface area contributed by atoms with E-state index in [1.54, 1.807) is 6.08 Å². The Morgan fingerprint density at radius 2 is 2.40 bits per heavy atom. The molecule has 0 saturated heterocycles. The molecule has 0 aromatic heterocycles. The summed E-state index contributed by atoms with van der Waals surface area (Å²) in [6.45, 7) is 2.10. The SMILES string of the molecule is CCCCC=COC(=O)Cl. The van der Waals surface area contributed by atoms with Crippen molar-refractivity contribution in [3.63, 3.8) is 0 Å². The number of allylic oxidation sites excluding steroid dienone is 1. The van der Waals surface area contributed by atoms with Crippen molar-refractivity contribution in [1.29, 1.82) is 0 Å². The molecule has 0 atom stereocenters. The Balaban J connectivity index is 3.12. The summed E-state index contributed by atoms with van der Waals surface area (Å²) in [5, 5.41) is 0. The van der Waals surface area contributed by atoms with E-state index in [1.165, 1.54) is 6.26 Å². The van der Waals surface area contributed by atoms with E-state index in [1.807, 2.05) is 0 Å². The third-order valence-electron chi connectivity index (χ3n) is 0.981. The second-order valence-electron chi connectivity index (χ2n) is 1.87. The van der Waals surface area contributed by atoms with Crippen LogP contribution < -0.4 is 0 Å². The van der Waals surface area contributed by atoms with Crippen LogP contribution in [0.5, 0.6) is 0 Å². The maximum absolute atomic E-state index is 9.97.